The van der Waals surface area contributed by atoms with Crippen molar-refractivity contribution in [1.82, 2.24) is 0 Å². The molecule has 30 heavy (non-hydrogen) atoms. The van der Waals surface area contributed by atoms with Crippen molar-refractivity contribution in [3.63, 3.8) is 0 Å². The van der Waals surface area contributed by atoms with Gasteiger partial charge in [0.1, 0.15) is 23.3 Å². The van der Waals surface area contributed by atoms with Crippen LogP contribution in [0.2, 0.25) is 0 Å². The fourth-order valence-corrected chi connectivity index (χ4v) is 2.96. The lowest BCUT2D eigenvalue weighted by Crippen LogP contribution is -2.09. The van der Waals surface area contributed by atoms with Gasteiger partial charge in [-0.2, -0.15) is 0 Å². The van der Waals surface area contributed by atoms with E-state index in [1.807, 2.05) is 43.3 Å². The highest BCUT2D eigenvalue weighted by Crippen LogP contribution is 2.22. The number of nitrogens with one attached hydrogen (secondary N) is 1. The third kappa shape index (κ3) is 4.47. The molecule has 0 aliphatic rings. The molecule has 0 saturated carbocycles. The topological polar surface area (TPSA) is 68.5 Å². The van der Waals surface area contributed by atoms with Gasteiger partial charge in [-0.05, 0) is 61.5 Å². The number of hydrogen-bond acceptors (Lipinski definition) is 4. The maximum absolute atomic E-state index is 12.6. The zero-order valence-electron chi connectivity index (χ0n) is 16.3. The number of amides is 1. The number of fused-ring (bicyclic) bond motifs is 1. The van der Waals surface area contributed by atoms with E-state index >= 15 is 0 Å². The number of anilines is 1. The van der Waals surface area contributed by atoms with Crippen LogP contribution >= 0.6 is 0 Å². The van der Waals surface area contributed by atoms with Gasteiger partial charge in [0.05, 0.1) is 10.9 Å². The Labute approximate surface area is 173 Å². The molecule has 0 spiro atoms. The standard InChI is InChI=1S/C25H19NO4/c1-17-7-13-23-22(15-17)25(28)18(16-29-23)8-14-24(27)26-19-9-11-21(12-10-19)30-20-5-3-2-4-6-20/h2-16H,1H3,(H,26,27)/b14-8+. The highest BCUT2D eigenvalue weighted by molar-refractivity contribution is 6.02. The van der Waals surface area contributed by atoms with Gasteiger partial charge >= 0.3 is 0 Å². The second-order valence-corrected chi connectivity index (χ2v) is 6.78. The Morgan fingerprint density at radius 3 is 2.47 bits per heavy atom. The van der Waals surface area contributed by atoms with Gasteiger partial charge in [0.25, 0.3) is 0 Å². The van der Waals surface area contributed by atoms with Gasteiger partial charge in [-0.15, -0.1) is 0 Å². The van der Waals surface area contributed by atoms with Crippen molar-refractivity contribution in [3.8, 4) is 11.5 Å². The summed E-state index contributed by atoms with van der Waals surface area (Å²) in [6.45, 7) is 1.91. The van der Waals surface area contributed by atoms with E-state index in [0.29, 0.717) is 28.0 Å². The third-order valence-electron chi connectivity index (χ3n) is 4.47. The van der Waals surface area contributed by atoms with Crippen molar-refractivity contribution in [2.45, 2.75) is 6.92 Å². The second kappa shape index (κ2) is 8.49. The average Bonchev–Trinajstić information content (AvgIpc) is 2.76. The molecule has 0 aliphatic carbocycles. The summed E-state index contributed by atoms with van der Waals surface area (Å²) in [6, 6.07) is 21.9. The molecule has 4 rings (SSSR count). The average molecular weight is 397 g/mol. The summed E-state index contributed by atoms with van der Waals surface area (Å²) in [5.74, 6) is 1.05. The second-order valence-electron chi connectivity index (χ2n) is 6.78. The molecule has 5 nitrogen and oxygen atoms in total. The monoisotopic (exact) mass is 397 g/mol. The number of para-hydroxylation sites is 1. The molecule has 0 aliphatic heterocycles. The first kappa shape index (κ1) is 19.2. The minimum absolute atomic E-state index is 0.175. The van der Waals surface area contributed by atoms with E-state index < -0.39 is 0 Å². The van der Waals surface area contributed by atoms with Crippen LogP contribution in [0.15, 0.2) is 94.3 Å². The summed E-state index contributed by atoms with van der Waals surface area (Å²) in [6.07, 6.45) is 4.12. The first-order valence-corrected chi connectivity index (χ1v) is 9.43. The highest BCUT2D eigenvalue weighted by Gasteiger charge is 2.06. The summed E-state index contributed by atoms with van der Waals surface area (Å²) >= 11 is 0. The molecule has 4 aromatic rings. The molecule has 5 heteroatoms. The van der Waals surface area contributed by atoms with E-state index in [1.54, 1.807) is 36.4 Å². The SMILES string of the molecule is Cc1ccc2occ(/C=C/C(=O)Nc3ccc(Oc4ccccc4)cc3)c(=O)c2c1. The molecular weight excluding hydrogens is 378 g/mol. The number of rotatable bonds is 5. The lowest BCUT2D eigenvalue weighted by Gasteiger charge is -2.07. The van der Waals surface area contributed by atoms with Gasteiger partial charge in [0, 0.05) is 11.8 Å². The molecule has 0 saturated heterocycles. The number of ether oxygens (including phenoxy) is 1. The lowest BCUT2D eigenvalue weighted by molar-refractivity contribution is -0.111. The number of hydrogen-bond donors (Lipinski definition) is 1. The van der Waals surface area contributed by atoms with Crippen molar-refractivity contribution >= 4 is 28.6 Å². The fraction of sp³-hybridized carbons (Fsp3) is 0.0400. The van der Waals surface area contributed by atoms with Crippen molar-refractivity contribution in [3.05, 3.63) is 106 Å². The Bertz CT molecular complexity index is 1270. The zero-order chi connectivity index (χ0) is 20.9. The Kier molecular flexibility index (Phi) is 5.44. The molecule has 0 bridgehead atoms. The Hall–Kier alpha value is -4.12. The summed E-state index contributed by atoms with van der Waals surface area (Å²) in [5.41, 5.74) is 2.24. The van der Waals surface area contributed by atoms with E-state index in [4.69, 9.17) is 9.15 Å². The fourth-order valence-electron chi connectivity index (χ4n) is 2.96. The molecular formula is C25H19NO4. The first-order valence-electron chi connectivity index (χ1n) is 9.43. The Morgan fingerprint density at radius 2 is 1.70 bits per heavy atom. The molecule has 0 atom stereocenters. The summed E-state index contributed by atoms with van der Waals surface area (Å²) in [5, 5.41) is 3.25. The van der Waals surface area contributed by atoms with Gasteiger partial charge in [-0.25, -0.2) is 0 Å². The van der Waals surface area contributed by atoms with E-state index in [1.165, 1.54) is 18.4 Å². The van der Waals surface area contributed by atoms with Crippen LogP contribution in [0.3, 0.4) is 0 Å². The molecule has 1 N–H and O–H groups in total. The highest BCUT2D eigenvalue weighted by atomic mass is 16.5. The summed E-state index contributed by atoms with van der Waals surface area (Å²) in [4.78, 5) is 24.8. The van der Waals surface area contributed by atoms with Crippen LogP contribution in [0.4, 0.5) is 5.69 Å². The van der Waals surface area contributed by atoms with Gasteiger partial charge < -0.3 is 14.5 Å². The molecule has 0 unspecified atom stereocenters. The first-order chi connectivity index (χ1) is 14.6. The van der Waals surface area contributed by atoms with Crippen LogP contribution in [0, 0.1) is 6.92 Å². The van der Waals surface area contributed by atoms with Crippen LogP contribution in [-0.4, -0.2) is 5.91 Å². The maximum atomic E-state index is 12.6. The van der Waals surface area contributed by atoms with E-state index in [9.17, 15) is 9.59 Å². The Balaban J connectivity index is 1.43. The van der Waals surface area contributed by atoms with E-state index in [-0.39, 0.29) is 11.3 Å². The predicted molar refractivity (Wildman–Crippen MR) is 118 cm³/mol. The summed E-state index contributed by atoms with van der Waals surface area (Å²) in [7, 11) is 0. The normalized spacial score (nSPS) is 11.0. The van der Waals surface area contributed by atoms with Crippen molar-refractivity contribution in [1.29, 1.82) is 0 Å². The molecule has 3 aromatic carbocycles. The smallest absolute Gasteiger partial charge is 0.248 e. The zero-order valence-corrected chi connectivity index (χ0v) is 16.3. The third-order valence-corrected chi connectivity index (χ3v) is 4.47. The van der Waals surface area contributed by atoms with Crippen molar-refractivity contribution in [2.24, 2.45) is 0 Å². The van der Waals surface area contributed by atoms with Gasteiger partial charge in [-0.1, -0.05) is 29.8 Å². The van der Waals surface area contributed by atoms with E-state index in [0.717, 1.165) is 11.3 Å². The molecule has 1 heterocycles. The van der Waals surface area contributed by atoms with E-state index in [2.05, 4.69) is 5.32 Å². The van der Waals surface area contributed by atoms with Gasteiger partial charge in [-0.3, -0.25) is 9.59 Å². The predicted octanol–water partition coefficient (Wildman–Crippen LogP) is 5.55. The number of carbonyl (C=O) groups is 1. The van der Waals surface area contributed by atoms with Crippen LogP contribution < -0.4 is 15.5 Å². The van der Waals surface area contributed by atoms with Gasteiger partial charge in [0.15, 0.2) is 5.43 Å². The number of aryl methyl sites for hydroxylation is 1. The van der Waals surface area contributed by atoms with Crippen LogP contribution in [0.25, 0.3) is 17.0 Å². The molecule has 1 aromatic heterocycles. The Morgan fingerprint density at radius 1 is 0.967 bits per heavy atom. The minimum atomic E-state index is -0.351. The number of carbonyl (C=O) groups excluding carboxylic acids is 1. The number of benzene rings is 3. The van der Waals surface area contributed by atoms with Crippen LogP contribution in [0.1, 0.15) is 11.1 Å². The molecule has 0 radical (unpaired) electrons. The maximum Gasteiger partial charge on any atom is 0.248 e. The summed E-state index contributed by atoms with van der Waals surface area (Å²) < 4.78 is 11.2. The quantitative estimate of drug-likeness (QED) is 0.449. The lowest BCUT2D eigenvalue weighted by atomic mass is 10.1. The van der Waals surface area contributed by atoms with Crippen LogP contribution in [-0.2, 0) is 4.79 Å². The van der Waals surface area contributed by atoms with Crippen LogP contribution in [0.5, 0.6) is 11.5 Å². The largest absolute Gasteiger partial charge is 0.463 e. The molecule has 1 amide bonds. The molecule has 148 valence electrons. The molecule has 0 fully saturated rings. The van der Waals surface area contributed by atoms with Gasteiger partial charge in [0.2, 0.25) is 5.91 Å². The minimum Gasteiger partial charge on any atom is -0.463 e. The van der Waals surface area contributed by atoms with Crippen molar-refractivity contribution in [2.75, 3.05) is 5.32 Å². The van der Waals surface area contributed by atoms with Crippen molar-refractivity contribution < 1.29 is 13.9 Å².